The van der Waals surface area contributed by atoms with Crippen molar-refractivity contribution in [3.63, 3.8) is 0 Å². The molecule has 0 heterocycles. The normalized spacial score (nSPS) is 25.5. The SMILES string of the molecule is CCCc1ccc([C@]2(N)C=C(C)CC[C@H]2[C](C)=[Mo])c(O)c1. The Labute approximate surface area is 138 Å². The summed E-state index contributed by atoms with van der Waals surface area (Å²) in [5, 5.41) is 10.5. The first-order valence-corrected chi connectivity index (χ1v) is 8.69. The van der Waals surface area contributed by atoms with E-state index in [-0.39, 0.29) is 5.92 Å². The quantitative estimate of drug-likeness (QED) is 0.631. The summed E-state index contributed by atoms with van der Waals surface area (Å²) in [4.78, 5) is 0. The van der Waals surface area contributed by atoms with Crippen LogP contribution in [-0.4, -0.2) is 9.00 Å². The summed E-state index contributed by atoms with van der Waals surface area (Å²) in [6.07, 6.45) is 6.37. The number of rotatable bonds is 4. The molecule has 1 aromatic rings. The van der Waals surface area contributed by atoms with Gasteiger partial charge in [-0.05, 0) is 0 Å². The molecule has 1 aromatic carbocycles. The molecule has 2 rings (SSSR count). The summed E-state index contributed by atoms with van der Waals surface area (Å²) in [6, 6.07) is 6.01. The number of aromatic hydroxyl groups is 1. The molecule has 114 valence electrons. The van der Waals surface area contributed by atoms with Gasteiger partial charge in [0, 0.05) is 0 Å². The van der Waals surface area contributed by atoms with Gasteiger partial charge in [0.2, 0.25) is 0 Å². The van der Waals surface area contributed by atoms with Crippen molar-refractivity contribution in [1.29, 1.82) is 0 Å². The molecular weight excluding hydrogens is 342 g/mol. The van der Waals surface area contributed by atoms with Crippen LogP contribution in [0, 0.1) is 5.92 Å². The molecule has 0 bridgehead atoms. The van der Waals surface area contributed by atoms with E-state index in [1.807, 2.05) is 12.1 Å². The van der Waals surface area contributed by atoms with Gasteiger partial charge in [0.1, 0.15) is 0 Å². The molecule has 0 aliphatic heterocycles. The van der Waals surface area contributed by atoms with E-state index in [0.29, 0.717) is 5.75 Å². The average molecular weight is 367 g/mol. The fourth-order valence-corrected chi connectivity index (χ4v) is 4.15. The van der Waals surface area contributed by atoms with E-state index in [1.165, 1.54) is 15.0 Å². The van der Waals surface area contributed by atoms with Gasteiger partial charge in [-0.25, -0.2) is 0 Å². The van der Waals surface area contributed by atoms with Gasteiger partial charge in [-0.2, -0.15) is 0 Å². The molecular formula is C18H25MoNO. The molecule has 2 atom stereocenters. The van der Waals surface area contributed by atoms with Crippen LogP contribution >= 0.6 is 0 Å². The van der Waals surface area contributed by atoms with Gasteiger partial charge in [0.05, 0.1) is 0 Å². The average Bonchev–Trinajstić information content (AvgIpc) is 2.38. The maximum absolute atomic E-state index is 10.5. The Balaban J connectivity index is 2.50. The predicted octanol–water partition coefficient (Wildman–Crippen LogP) is 3.59. The zero-order valence-corrected chi connectivity index (χ0v) is 15.2. The molecule has 2 nitrogen and oxygen atoms in total. The van der Waals surface area contributed by atoms with E-state index >= 15 is 0 Å². The summed E-state index contributed by atoms with van der Waals surface area (Å²) in [6.45, 7) is 6.42. The second-order valence-corrected chi connectivity index (χ2v) is 7.81. The van der Waals surface area contributed by atoms with E-state index in [1.54, 1.807) is 0 Å². The van der Waals surface area contributed by atoms with E-state index in [2.05, 4.69) is 52.3 Å². The molecule has 0 fully saturated rings. The van der Waals surface area contributed by atoms with Crippen molar-refractivity contribution in [2.75, 3.05) is 0 Å². The Morgan fingerprint density at radius 1 is 1.48 bits per heavy atom. The summed E-state index contributed by atoms with van der Waals surface area (Å²) >= 11 is 2.06. The Bertz CT molecular complexity index is 579. The summed E-state index contributed by atoms with van der Waals surface area (Å²) in [5.41, 5.74) is 9.54. The number of phenols is 1. The molecule has 1 aliphatic rings. The van der Waals surface area contributed by atoms with Crippen LogP contribution in [0.15, 0.2) is 29.8 Å². The fourth-order valence-electron chi connectivity index (χ4n) is 3.38. The van der Waals surface area contributed by atoms with Crippen molar-refractivity contribution in [2.45, 2.75) is 52.0 Å². The second-order valence-electron chi connectivity index (χ2n) is 6.23. The van der Waals surface area contributed by atoms with Crippen molar-refractivity contribution in [2.24, 2.45) is 11.7 Å². The molecule has 3 N–H and O–H groups in total. The van der Waals surface area contributed by atoms with Crippen LogP contribution in [0.1, 0.15) is 51.2 Å². The van der Waals surface area contributed by atoms with E-state index in [9.17, 15) is 5.11 Å². The van der Waals surface area contributed by atoms with Gasteiger partial charge < -0.3 is 0 Å². The molecule has 0 unspecified atom stereocenters. The van der Waals surface area contributed by atoms with Crippen molar-refractivity contribution in [3.05, 3.63) is 41.0 Å². The van der Waals surface area contributed by atoms with Crippen LogP contribution in [0.25, 0.3) is 0 Å². The van der Waals surface area contributed by atoms with Gasteiger partial charge in [0.25, 0.3) is 0 Å². The van der Waals surface area contributed by atoms with E-state index in [0.717, 1.165) is 31.2 Å². The number of phenolic OH excluding ortho intramolecular Hbond substituents is 1. The third-order valence-electron chi connectivity index (χ3n) is 4.45. The van der Waals surface area contributed by atoms with Crippen molar-refractivity contribution >= 4 is 3.90 Å². The number of benzene rings is 1. The zero-order chi connectivity index (χ0) is 15.6. The number of hydrogen-bond acceptors (Lipinski definition) is 2. The number of allylic oxidation sites excluding steroid dienone is 1. The molecule has 1 aliphatic carbocycles. The summed E-state index contributed by atoms with van der Waals surface area (Å²) in [5.74, 6) is 0.621. The van der Waals surface area contributed by atoms with Crippen molar-refractivity contribution in [1.82, 2.24) is 0 Å². The van der Waals surface area contributed by atoms with E-state index < -0.39 is 5.54 Å². The Morgan fingerprint density at radius 2 is 2.19 bits per heavy atom. The van der Waals surface area contributed by atoms with Crippen LogP contribution < -0.4 is 5.73 Å². The van der Waals surface area contributed by atoms with Crippen LogP contribution in [0.5, 0.6) is 5.75 Å². The Hall–Kier alpha value is -0.722. The molecule has 0 spiro atoms. The summed E-state index contributed by atoms with van der Waals surface area (Å²) in [7, 11) is 0. The minimum atomic E-state index is -0.585. The van der Waals surface area contributed by atoms with Gasteiger partial charge in [-0.15, -0.1) is 0 Å². The van der Waals surface area contributed by atoms with Gasteiger partial charge in [0.15, 0.2) is 0 Å². The first kappa shape index (κ1) is 16.6. The number of hydrogen-bond donors (Lipinski definition) is 2. The molecule has 0 amide bonds. The first-order valence-electron chi connectivity index (χ1n) is 7.68. The van der Waals surface area contributed by atoms with Gasteiger partial charge >= 0.3 is 139 Å². The van der Waals surface area contributed by atoms with Crippen molar-refractivity contribution in [3.8, 4) is 5.75 Å². The van der Waals surface area contributed by atoms with Gasteiger partial charge in [-0.3, -0.25) is 0 Å². The van der Waals surface area contributed by atoms with E-state index in [4.69, 9.17) is 5.73 Å². The molecule has 0 aromatic heterocycles. The van der Waals surface area contributed by atoms with Crippen LogP contribution in [-0.2, 0) is 31.3 Å². The first-order chi connectivity index (χ1) is 9.88. The molecule has 3 heteroatoms. The van der Waals surface area contributed by atoms with Crippen molar-refractivity contribution < 1.29 is 24.5 Å². The zero-order valence-electron chi connectivity index (χ0n) is 13.1. The third kappa shape index (κ3) is 3.38. The number of aryl methyl sites for hydroxylation is 1. The molecule has 0 saturated heterocycles. The van der Waals surface area contributed by atoms with Crippen LogP contribution in [0.3, 0.4) is 0 Å². The van der Waals surface area contributed by atoms with Crippen LogP contribution in [0.2, 0.25) is 0 Å². The second kappa shape index (κ2) is 6.58. The predicted molar refractivity (Wildman–Crippen MR) is 85.1 cm³/mol. The molecule has 0 saturated carbocycles. The van der Waals surface area contributed by atoms with Gasteiger partial charge in [-0.1, -0.05) is 0 Å². The maximum atomic E-state index is 10.5. The summed E-state index contributed by atoms with van der Waals surface area (Å²) < 4.78 is 1.34. The minimum absolute atomic E-state index is 0.286. The number of nitrogens with two attached hydrogens (primary N) is 1. The standard InChI is InChI=1S/C18H25NO.Mo/c1-4-6-14-8-10-16(17(20)11-14)18(19)12-13(3)7-9-15(18)5-2;/h8,10-12,15,20H,4,6-7,9,19H2,1-3H3;/t15-,18+;/m1./s1. The monoisotopic (exact) mass is 369 g/mol. The Morgan fingerprint density at radius 3 is 2.76 bits per heavy atom. The topological polar surface area (TPSA) is 46.2 Å². The molecule has 21 heavy (non-hydrogen) atoms. The van der Waals surface area contributed by atoms with Crippen LogP contribution in [0.4, 0.5) is 0 Å². The molecule has 0 radical (unpaired) electrons. The fraction of sp³-hybridized carbons (Fsp3) is 0.500. The Kier molecular flexibility index (Phi) is 5.22. The third-order valence-corrected chi connectivity index (χ3v) is 5.15.